The predicted molar refractivity (Wildman–Crippen MR) is 125 cm³/mol. The third-order valence-corrected chi connectivity index (χ3v) is 6.81. The van der Waals surface area contributed by atoms with Gasteiger partial charge in [-0.3, -0.25) is 5.32 Å². The number of carbonyl (C=O) groups excluding carboxylic acids is 1. The minimum Gasteiger partial charge on any atom is -0.384 e. The number of methoxy groups -OCH3 is 1. The number of halogens is 1. The van der Waals surface area contributed by atoms with Crippen molar-refractivity contribution in [3.8, 4) is 0 Å². The van der Waals surface area contributed by atoms with E-state index in [1.807, 2.05) is 0 Å². The fraction of sp³-hybridized carbons (Fsp3) is 0.333. The molecular formula is C21H23FN6O2S2. The van der Waals surface area contributed by atoms with Crippen LogP contribution in [0.1, 0.15) is 16.1 Å². The number of fused-ring (bicyclic) bond motifs is 1. The molecule has 0 unspecified atom stereocenters. The van der Waals surface area contributed by atoms with Gasteiger partial charge in [0.25, 0.3) is 0 Å². The molecule has 3 heterocycles. The smallest absolute Gasteiger partial charge is 0.325 e. The van der Waals surface area contributed by atoms with Crippen molar-refractivity contribution >= 4 is 45.8 Å². The molecule has 1 aliphatic heterocycles. The summed E-state index contributed by atoms with van der Waals surface area (Å²) >= 11 is 3.17. The number of hydrogen-bond acceptors (Lipinski definition) is 8. The van der Waals surface area contributed by atoms with Crippen molar-refractivity contribution < 1.29 is 13.9 Å². The van der Waals surface area contributed by atoms with Gasteiger partial charge in [-0.25, -0.2) is 24.1 Å². The monoisotopic (exact) mass is 474 g/mol. The summed E-state index contributed by atoms with van der Waals surface area (Å²) < 4.78 is 18.8. The van der Waals surface area contributed by atoms with E-state index in [4.69, 9.17) is 4.74 Å². The molecule has 0 aliphatic carbocycles. The molecule has 8 nitrogen and oxygen atoms in total. The Labute approximate surface area is 193 Å². The second-order valence-corrected chi connectivity index (χ2v) is 9.30. The lowest BCUT2D eigenvalue weighted by atomic mass is 10.1. The number of thioether (sulfide) groups is 1. The molecule has 2 aromatic heterocycles. The molecule has 0 radical (unpaired) electrons. The number of anilines is 3. The molecule has 0 atom stereocenters. The van der Waals surface area contributed by atoms with Gasteiger partial charge in [0.2, 0.25) is 0 Å². The number of nitrogens with zero attached hydrogens (tertiary/aromatic N) is 3. The molecular weight excluding hydrogens is 451 g/mol. The number of urea groups is 1. The van der Waals surface area contributed by atoms with Crippen LogP contribution in [0.5, 0.6) is 0 Å². The SMILES string of the molecule is COCCc1cc(F)cc(NC(=O)Nc2ncc(CCNc3ncnc4c3SCC4)s2)c1. The Morgan fingerprint density at radius 1 is 1.19 bits per heavy atom. The van der Waals surface area contributed by atoms with Crippen molar-refractivity contribution in [1.29, 1.82) is 0 Å². The third kappa shape index (κ3) is 5.93. The first kappa shape index (κ1) is 22.4. The number of benzene rings is 1. The summed E-state index contributed by atoms with van der Waals surface area (Å²) in [5.74, 6) is 1.50. The number of rotatable bonds is 9. The van der Waals surface area contributed by atoms with Gasteiger partial charge >= 0.3 is 6.03 Å². The lowest BCUT2D eigenvalue weighted by molar-refractivity contribution is 0.202. The molecule has 3 N–H and O–H groups in total. The van der Waals surface area contributed by atoms with E-state index in [0.29, 0.717) is 30.4 Å². The highest BCUT2D eigenvalue weighted by Gasteiger charge is 2.17. The quantitative estimate of drug-likeness (QED) is 0.427. The second kappa shape index (κ2) is 10.7. The lowest BCUT2D eigenvalue weighted by Gasteiger charge is -2.08. The molecule has 0 spiro atoms. The summed E-state index contributed by atoms with van der Waals surface area (Å²) in [4.78, 5) is 27.4. The Bertz CT molecular complexity index is 1090. The fourth-order valence-corrected chi connectivity index (χ4v) is 5.14. The summed E-state index contributed by atoms with van der Waals surface area (Å²) in [5.41, 5.74) is 2.23. The molecule has 2 amide bonds. The number of hydrogen-bond donors (Lipinski definition) is 3. The van der Waals surface area contributed by atoms with Gasteiger partial charge in [-0.15, -0.1) is 23.1 Å². The van der Waals surface area contributed by atoms with Crippen molar-refractivity contribution in [1.82, 2.24) is 15.0 Å². The maximum Gasteiger partial charge on any atom is 0.325 e. The Hall–Kier alpha value is -2.76. The minimum absolute atomic E-state index is 0.379. The van der Waals surface area contributed by atoms with Crippen molar-refractivity contribution in [2.45, 2.75) is 24.2 Å². The Balaban J connectivity index is 1.27. The Kier molecular flexibility index (Phi) is 7.51. The van der Waals surface area contributed by atoms with Gasteiger partial charge in [0.15, 0.2) is 5.13 Å². The number of amides is 2. The van der Waals surface area contributed by atoms with Gasteiger partial charge in [-0.1, -0.05) is 0 Å². The Morgan fingerprint density at radius 3 is 2.97 bits per heavy atom. The molecule has 4 rings (SSSR count). The Morgan fingerprint density at radius 2 is 2.09 bits per heavy atom. The summed E-state index contributed by atoms with van der Waals surface area (Å²) in [6, 6.07) is 3.96. The number of aromatic nitrogens is 3. The maximum atomic E-state index is 13.8. The summed E-state index contributed by atoms with van der Waals surface area (Å²) in [5, 5.41) is 9.20. The van der Waals surface area contributed by atoms with Gasteiger partial charge in [0, 0.05) is 49.0 Å². The number of ether oxygens (including phenoxy) is 1. The number of aryl methyl sites for hydroxylation is 1. The lowest BCUT2D eigenvalue weighted by Crippen LogP contribution is -2.19. The first-order valence-electron chi connectivity index (χ1n) is 10.1. The van der Waals surface area contributed by atoms with Crippen LogP contribution < -0.4 is 16.0 Å². The minimum atomic E-state index is -0.471. The molecule has 3 aromatic rings. The van der Waals surface area contributed by atoms with Gasteiger partial charge in [0.05, 0.1) is 17.2 Å². The van der Waals surface area contributed by atoms with Crippen molar-refractivity contribution in [3.63, 3.8) is 0 Å². The van der Waals surface area contributed by atoms with Gasteiger partial charge in [-0.05, 0) is 30.2 Å². The van der Waals surface area contributed by atoms with Gasteiger partial charge in [0.1, 0.15) is 18.0 Å². The van der Waals surface area contributed by atoms with E-state index in [0.717, 1.165) is 45.4 Å². The van der Waals surface area contributed by atoms with E-state index >= 15 is 0 Å². The van der Waals surface area contributed by atoms with E-state index in [-0.39, 0.29) is 0 Å². The number of thiazole rings is 1. The van der Waals surface area contributed by atoms with E-state index in [9.17, 15) is 9.18 Å². The highest BCUT2D eigenvalue weighted by molar-refractivity contribution is 7.99. The largest absolute Gasteiger partial charge is 0.384 e. The maximum absolute atomic E-state index is 13.8. The van der Waals surface area contributed by atoms with E-state index in [1.54, 1.807) is 37.5 Å². The topological polar surface area (TPSA) is 101 Å². The van der Waals surface area contributed by atoms with Crippen LogP contribution in [0.2, 0.25) is 0 Å². The van der Waals surface area contributed by atoms with E-state index in [2.05, 4.69) is 30.9 Å². The molecule has 168 valence electrons. The van der Waals surface area contributed by atoms with Crippen LogP contribution in [-0.2, 0) is 24.0 Å². The number of nitrogens with one attached hydrogen (secondary N) is 3. The van der Waals surface area contributed by atoms with E-state index in [1.165, 1.54) is 23.5 Å². The van der Waals surface area contributed by atoms with Crippen molar-refractivity contribution in [3.05, 3.63) is 52.7 Å². The van der Waals surface area contributed by atoms with Crippen molar-refractivity contribution in [2.75, 3.05) is 42.0 Å². The van der Waals surface area contributed by atoms with Crippen LogP contribution >= 0.6 is 23.1 Å². The number of carbonyl (C=O) groups is 1. The first-order chi connectivity index (χ1) is 15.6. The second-order valence-electron chi connectivity index (χ2n) is 7.08. The summed E-state index contributed by atoms with van der Waals surface area (Å²) in [7, 11) is 1.59. The standard InChI is InChI=1S/C21H23FN6O2S2/c1-30-6-3-13-8-14(22)10-15(9-13)27-20(29)28-21-24-11-16(32-21)2-5-23-19-18-17(4-7-31-18)25-12-26-19/h8-12H,2-7H2,1H3,(H,23,25,26)(H2,24,27,28,29). The van der Waals surface area contributed by atoms with Crippen LogP contribution in [-0.4, -0.2) is 47.0 Å². The first-order valence-corrected chi connectivity index (χ1v) is 11.9. The molecule has 32 heavy (non-hydrogen) atoms. The molecule has 1 aromatic carbocycles. The van der Waals surface area contributed by atoms with Crippen LogP contribution in [0.4, 0.5) is 25.8 Å². The van der Waals surface area contributed by atoms with Crippen molar-refractivity contribution in [2.24, 2.45) is 0 Å². The zero-order valence-electron chi connectivity index (χ0n) is 17.5. The molecule has 0 saturated carbocycles. The zero-order chi connectivity index (χ0) is 22.3. The third-order valence-electron chi connectivity index (χ3n) is 4.71. The molecule has 1 aliphatic rings. The summed E-state index contributed by atoms with van der Waals surface area (Å²) in [6.45, 7) is 1.18. The molecule has 11 heteroatoms. The van der Waals surface area contributed by atoms with Crippen LogP contribution in [0, 0.1) is 5.82 Å². The van der Waals surface area contributed by atoms with E-state index < -0.39 is 11.8 Å². The van der Waals surface area contributed by atoms with Crippen LogP contribution in [0.15, 0.2) is 35.6 Å². The normalized spacial score (nSPS) is 12.4. The highest BCUT2D eigenvalue weighted by atomic mass is 32.2. The van der Waals surface area contributed by atoms with Gasteiger partial charge in [-0.2, -0.15) is 0 Å². The summed E-state index contributed by atoms with van der Waals surface area (Å²) in [6.07, 6.45) is 5.63. The fourth-order valence-electron chi connectivity index (χ4n) is 3.25. The molecule has 0 fully saturated rings. The molecule has 0 saturated heterocycles. The average Bonchev–Trinajstić information content (AvgIpc) is 3.41. The van der Waals surface area contributed by atoms with Gasteiger partial charge < -0.3 is 15.4 Å². The zero-order valence-corrected chi connectivity index (χ0v) is 19.1. The predicted octanol–water partition coefficient (Wildman–Crippen LogP) is 4.21. The highest BCUT2D eigenvalue weighted by Crippen LogP contribution is 2.34. The average molecular weight is 475 g/mol. The molecule has 0 bridgehead atoms. The van der Waals surface area contributed by atoms with Crippen LogP contribution in [0.25, 0.3) is 0 Å². The van der Waals surface area contributed by atoms with Crippen LogP contribution in [0.3, 0.4) is 0 Å².